The molecule has 3 rings (SSSR count). The van der Waals surface area contributed by atoms with Crippen molar-refractivity contribution in [3.8, 4) is 0 Å². The Balaban J connectivity index is 1.56. The molecule has 2 heterocycles. The second kappa shape index (κ2) is 6.94. The summed E-state index contributed by atoms with van der Waals surface area (Å²) in [5.41, 5.74) is 0.860. The van der Waals surface area contributed by atoms with Gasteiger partial charge in [-0.25, -0.2) is 0 Å². The highest BCUT2D eigenvalue weighted by atomic mass is 16.5. The van der Waals surface area contributed by atoms with E-state index < -0.39 is 5.97 Å². The van der Waals surface area contributed by atoms with E-state index in [9.17, 15) is 9.90 Å². The van der Waals surface area contributed by atoms with Gasteiger partial charge in [0.15, 0.2) is 0 Å². The van der Waals surface area contributed by atoms with Crippen LogP contribution in [0.25, 0.3) is 11.0 Å². The van der Waals surface area contributed by atoms with Gasteiger partial charge in [-0.15, -0.1) is 0 Å². The van der Waals surface area contributed by atoms with Gasteiger partial charge in [0, 0.05) is 25.1 Å². The Morgan fingerprint density at radius 2 is 2.09 bits per heavy atom. The number of carboxylic acid groups (broad SMARTS) is 1. The maximum atomic E-state index is 11.5. The molecule has 22 heavy (non-hydrogen) atoms. The highest BCUT2D eigenvalue weighted by Crippen LogP contribution is 2.24. The molecule has 0 bridgehead atoms. The molecule has 1 fully saturated rings. The van der Waals surface area contributed by atoms with Crippen LogP contribution in [0, 0.1) is 11.8 Å². The molecule has 5 heteroatoms. The Bertz CT molecular complexity index is 597. The number of hydrogen-bond acceptors (Lipinski definition) is 4. The summed E-state index contributed by atoms with van der Waals surface area (Å²) in [6, 6.07) is 9.84. The van der Waals surface area contributed by atoms with Gasteiger partial charge >= 0.3 is 5.97 Å². The number of carbonyl (C=O) groups is 1. The Hall–Kier alpha value is -1.85. The highest BCUT2D eigenvalue weighted by molar-refractivity contribution is 5.77. The van der Waals surface area contributed by atoms with Crippen molar-refractivity contribution in [3.05, 3.63) is 36.1 Å². The first-order chi connectivity index (χ1) is 10.7. The minimum absolute atomic E-state index is 0.189. The lowest BCUT2D eigenvalue weighted by molar-refractivity contribution is -0.144. The maximum Gasteiger partial charge on any atom is 0.308 e. The van der Waals surface area contributed by atoms with Crippen molar-refractivity contribution in [3.63, 3.8) is 0 Å². The third-order valence-electron chi connectivity index (χ3n) is 4.29. The predicted molar refractivity (Wildman–Crippen MR) is 82.6 cm³/mol. The largest absolute Gasteiger partial charge is 0.481 e. The topological polar surface area (TPSA) is 71.7 Å². The van der Waals surface area contributed by atoms with Crippen LogP contribution in [0.2, 0.25) is 0 Å². The van der Waals surface area contributed by atoms with E-state index in [-0.39, 0.29) is 11.8 Å². The van der Waals surface area contributed by atoms with Gasteiger partial charge in [0.2, 0.25) is 0 Å². The summed E-state index contributed by atoms with van der Waals surface area (Å²) in [5, 5.41) is 13.7. The molecule has 118 valence electrons. The minimum Gasteiger partial charge on any atom is -0.481 e. The van der Waals surface area contributed by atoms with E-state index in [0.717, 1.165) is 29.6 Å². The maximum absolute atomic E-state index is 11.5. The second-order valence-electron chi connectivity index (χ2n) is 5.78. The molecule has 1 saturated heterocycles. The molecular weight excluding hydrogens is 282 g/mol. The standard InChI is InChI=1S/C17H21NO4/c19-17(20)15(12-5-7-21-8-6-12)11-18-10-14-9-13-3-1-2-4-16(13)22-14/h1-4,9,12,15,18H,5-8,10-11H2,(H,19,20). The summed E-state index contributed by atoms with van der Waals surface area (Å²) in [6.45, 7) is 2.33. The third kappa shape index (κ3) is 3.48. The molecule has 1 aromatic carbocycles. The Kier molecular flexibility index (Phi) is 4.75. The lowest BCUT2D eigenvalue weighted by Gasteiger charge is -2.27. The number of fused-ring (bicyclic) bond motifs is 1. The highest BCUT2D eigenvalue weighted by Gasteiger charge is 2.29. The van der Waals surface area contributed by atoms with Crippen LogP contribution in [-0.4, -0.2) is 30.8 Å². The Morgan fingerprint density at radius 3 is 2.82 bits per heavy atom. The second-order valence-corrected chi connectivity index (χ2v) is 5.78. The van der Waals surface area contributed by atoms with E-state index in [2.05, 4.69) is 5.32 Å². The summed E-state index contributed by atoms with van der Waals surface area (Å²) in [4.78, 5) is 11.5. The van der Waals surface area contributed by atoms with Crippen LogP contribution in [-0.2, 0) is 16.1 Å². The van der Waals surface area contributed by atoms with Gasteiger partial charge in [0.25, 0.3) is 0 Å². The van der Waals surface area contributed by atoms with Crippen LogP contribution in [0.5, 0.6) is 0 Å². The quantitative estimate of drug-likeness (QED) is 0.858. The third-order valence-corrected chi connectivity index (χ3v) is 4.29. The van der Waals surface area contributed by atoms with Crippen LogP contribution in [0.4, 0.5) is 0 Å². The molecule has 2 N–H and O–H groups in total. The molecular formula is C17H21NO4. The zero-order valence-corrected chi connectivity index (χ0v) is 12.5. The number of carboxylic acids is 1. The smallest absolute Gasteiger partial charge is 0.308 e. The van der Waals surface area contributed by atoms with Crippen molar-refractivity contribution in [1.29, 1.82) is 0 Å². The van der Waals surface area contributed by atoms with Crippen molar-refractivity contribution in [2.45, 2.75) is 19.4 Å². The summed E-state index contributed by atoms with van der Waals surface area (Å²) in [7, 11) is 0. The first kappa shape index (κ1) is 15.1. The van der Waals surface area contributed by atoms with E-state index in [1.165, 1.54) is 0 Å². The number of benzene rings is 1. The van der Waals surface area contributed by atoms with Gasteiger partial charge in [0.1, 0.15) is 11.3 Å². The minimum atomic E-state index is -0.732. The van der Waals surface area contributed by atoms with Gasteiger partial charge in [-0.05, 0) is 30.9 Å². The molecule has 1 aliphatic heterocycles. The molecule has 1 aromatic heterocycles. The molecule has 0 amide bonds. The van der Waals surface area contributed by atoms with E-state index in [1.807, 2.05) is 30.3 Å². The van der Waals surface area contributed by atoms with Crippen LogP contribution < -0.4 is 5.32 Å². The van der Waals surface area contributed by atoms with Crippen molar-refractivity contribution in [2.24, 2.45) is 11.8 Å². The van der Waals surface area contributed by atoms with Crippen LogP contribution in [0.1, 0.15) is 18.6 Å². The molecule has 1 aliphatic rings. The van der Waals surface area contributed by atoms with Gasteiger partial charge in [-0.1, -0.05) is 18.2 Å². The van der Waals surface area contributed by atoms with E-state index in [0.29, 0.717) is 26.3 Å². The van der Waals surface area contributed by atoms with Gasteiger partial charge in [-0.2, -0.15) is 0 Å². The summed E-state index contributed by atoms with van der Waals surface area (Å²) >= 11 is 0. The molecule has 0 saturated carbocycles. The molecule has 2 aromatic rings. The first-order valence-corrected chi connectivity index (χ1v) is 7.73. The number of nitrogens with one attached hydrogen (secondary N) is 1. The molecule has 1 atom stereocenters. The van der Waals surface area contributed by atoms with Crippen LogP contribution in [0.3, 0.4) is 0 Å². The molecule has 0 aliphatic carbocycles. The number of rotatable bonds is 6. The van der Waals surface area contributed by atoms with Crippen LogP contribution >= 0.6 is 0 Å². The average molecular weight is 303 g/mol. The zero-order chi connectivity index (χ0) is 15.4. The number of para-hydroxylation sites is 1. The normalized spacial score (nSPS) is 17.6. The predicted octanol–water partition coefficient (Wildman–Crippen LogP) is 2.65. The lowest BCUT2D eigenvalue weighted by atomic mass is 9.86. The van der Waals surface area contributed by atoms with Crippen LogP contribution in [0.15, 0.2) is 34.7 Å². The monoisotopic (exact) mass is 303 g/mol. The Labute approximate surface area is 129 Å². The molecule has 0 spiro atoms. The Morgan fingerprint density at radius 1 is 1.32 bits per heavy atom. The summed E-state index contributed by atoms with van der Waals surface area (Å²) in [5.74, 6) is -0.0796. The SMILES string of the molecule is O=C(O)C(CNCc1cc2ccccc2o1)C1CCOCC1. The fourth-order valence-corrected chi connectivity index (χ4v) is 3.05. The molecule has 5 nitrogen and oxygen atoms in total. The van der Waals surface area contributed by atoms with Gasteiger partial charge < -0.3 is 19.6 Å². The average Bonchev–Trinajstić information content (AvgIpc) is 2.94. The van der Waals surface area contributed by atoms with Crippen molar-refractivity contribution < 1.29 is 19.1 Å². The summed E-state index contributed by atoms with van der Waals surface area (Å²) in [6.07, 6.45) is 1.65. The molecule has 1 unspecified atom stereocenters. The zero-order valence-electron chi connectivity index (χ0n) is 12.5. The number of ether oxygens (including phenoxy) is 1. The van der Waals surface area contributed by atoms with Crippen molar-refractivity contribution in [2.75, 3.05) is 19.8 Å². The number of hydrogen-bond donors (Lipinski definition) is 2. The fourth-order valence-electron chi connectivity index (χ4n) is 3.05. The fraction of sp³-hybridized carbons (Fsp3) is 0.471. The first-order valence-electron chi connectivity index (χ1n) is 7.73. The number of furan rings is 1. The van der Waals surface area contributed by atoms with Crippen molar-refractivity contribution >= 4 is 16.9 Å². The summed E-state index contributed by atoms with van der Waals surface area (Å²) < 4.78 is 11.0. The molecule has 0 radical (unpaired) electrons. The van der Waals surface area contributed by atoms with Crippen molar-refractivity contribution in [1.82, 2.24) is 5.32 Å². The van der Waals surface area contributed by atoms with E-state index >= 15 is 0 Å². The van der Waals surface area contributed by atoms with Gasteiger partial charge in [-0.3, -0.25) is 4.79 Å². The lowest BCUT2D eigenvalue weighted by Crippen LogP contribution is -2.36. The number of aliphatic carboxylic acids is 1. The van der Waals surface area contributed by atoms with E-state index in [4.69, 9.17) is 9.15 Å². The van der Waals surface area contributed by atoms with E-state index in [1.54, 1.807) is 0 Å². The van der Waals surface area contributed by atoms with Gasteiger partial charge in [0.05, 0.1) is 12.5 Å².